The fourth-order valence-electron chi connectivity index (χ4n) is 1.46. The molecule has 2 aromatic rings. The van der Waals surface area contributed by atoms with Crippen LogP contribution in [0.2, 0.25) is 0 Å². The minimum absolute atomic E-state index is 0.120. The van der Waals surface area contributed by atoms with Gasteiger partial charge in [0.25, 0.3) is 0 Å². The maximum atomic E-state index is 11.7. The normalized spacial score (nSPS) is 10.3. The van der Waals surface area contributed by atoms with Crippen molar-refractivity contribution < 1.29 is 9.32 Å². The first-order valence-corrected chi connectivity index (χ1v) is 5.69. The Morgan fingerprint density at radius 2 is 2.19 bits per heavy atom. The number of hydrogen-bond donors (Lipinski definition) is 0. The highest BCUT2D eigenvalue weighted by atomic mass is 79.9. The molecular formula is C12H10BrNO2. The largest absolute Gasteiger partial charge is 0.361 e. The molecule has 1 heterocycles. The highest BCUT2D eigenvalue weighted by Gasteiger charge is 2.07. The minimum atomic E-state index is 0.120. The van der Waals surface area contributed by atoms with E-state index in [1.807, 2.05) is 24.3 Å². The second-order valence-corrected chi connectivity index (χ2v) is 4.42. The number of benzene rings is 1. The van der Waals surface area contributed by atoms with Crippen LogP contribution in [0.1, 0.15) is 11.3 Å². The molecule has 0 bridgehead atoms. The molecule has 1 aromatic carbocycles. The summed E-state index contributed by atoms with van der Waals surface area (Å²) < 4.78 is 5.87. The predicted molar refractivity (Wildman–Crippen MR) is 63.1 cm³/mol. The first-order valence-electron chi connectivity index (χ1n) is 4.90. The van der Waals surface area contributed by atoms with Gasteiger partial charge in [-0.25, -0.2) is 0 Å². The third kappa shape index (κ3) is 3.03. The van der Waals surface area contributed by atoms with Crippen molar-refractivity contribution in [3.05, 3.63) is 52.3 Å². The molecule has 0 unspecified atom stereocenters. The lowest BCUT2D eigenvalue weighted by molar-refractivity contribution is -0.118. The smallest absolute Gasteiger partial charge is 0.144 e. The van der Waals surface area contributed by atoms with Crippen molar-refractivity contribution in [2.75, 3.05) is 0 Å². The van der Waals surface area contributed by atoms with Crippen LogP contribution in [0.3, 0.4) is 0 Å². The molecule has 0 saturated carbocycles. The summed E-state index contributed by atoms with van der Waals surface area (Å²) in [6.07, 6.45) is 2.26. The van der Waals surface area contributed by atoms with E-state index in [0.29, 0.717) is 18.6 Å². The zero-order valence-electron chi connectivity index (χ0n) is 8.52. The fourth-order valence-corrected chi connectivity index (χ4v) is 1.91. The zero-order chi connectivity index (χ0) is 11.4. The molecule has 0 fully saturated rings. The lowest BCUT2D eigenvalue weighted by Crippen LogP contribution is -2.05. The quantitative estimate of drug-likeness (QED) is 0.864. The average Bonchev–Trinajstić information content (AvgIpc) is 2.70. The molecule has 4 heteroatoms. The number of aromatic nitrogens is 1. The second kappa shape index (κ2) is 5.07. The molecule has 0 amide bonds. The SMILES string of the molecule is O=C(Cc1cccc(Br)c1)Cc1ccno1. The van der Waals surface area contributed by atoms with Gasteiger partial charge in [-0.15, -0.1) is 0 Å². The van der Waals surface area contributed by atoms with Crippen LogP contribution in [0.5, 0.6) is 0 Å². The maximum absolute atomic E-state index is 11.7. The monoisotopic (exact) mass is 279 g/mol. The van der Waals surface area contributed by atoms with Gasteiger partial charge >= 0.3 is 0 Å². The van der Waals surface area contributed by atoms with E-state index >= 15 is 0 Å². The lowest BCUT2D eigenvalue weighted by atomic mass is 10.1. The highest BCUT2D eigenvalue weighted by molar-refractivity contribution is 9.10. The van der Waals surface area contributed by atoms with Crippen molar-refractivity contribution >= 4 is 21.7 Å². The van der Waals surface area contributed by atoms with E-state index in [1.54, 1.807) is 12.3 Å². The molecule has 0 spiro atoms. The molecule has 0 aliphatic heterocycles. The molecule has 1 aromatic heterocycles. The zero-order valence-corrected chi connectivity index (χ0v) is 10.1. The van der Waals surface area contributed by atoms with Crippen molar-refractivity contribution in [1.82, 2.24) is 5.16 Å². The summed E-state index contributed by atoms with van der Waals surface area (Å²) in [7, 11) is 0. The van der Waals surface area contributed by atoms with Gasteiger partial charge in [-0.05, 0) is 17.7 Å². The van der Waals surface area contributed by atoms with Crippen molar-refractivity contribution in [1.29, 1.82) is 0 Å². The van der Waals surface area contributed by atoms with E-state index in [2.05, 4.69) is 21.1 Å². The van der Waals surface area contributed by atoms with Crippen LogP contribution in [-0.2, 0) is 17.6 Å². The van der Waals surface area contributed by atoms with Crippen LogP contribution in [0.15, 0.2) is 45.5 Å². The van der Waals surface area contributed by atoms with Gasteiger partial charge in [0.05, 0.1) is 12.6 Å². The topological polar surface area (TPSA) is 43.1 Å². The molecule has 0 aliphatic carbocycles. The molecule has 3 nitrogen and oxygen atoms in total. The van der Waals surface area contributed by atoms with Crippen LogP contribution in [0.25, 0.3) is 0 Å². The van der Waals surface area contributed by atoms with Gasteiger partial charge < -0.3 is 4.52 Å². The summed E-state index contributed by atoms with van der Waals surface area (Å²) in [5.74, 6) is 0.731. The summed E-state index contributed by atoms with van der Waals surface area (Å²) in [5.41, 5.74) is 0.999. The summed E-state index contributed by atoms with van der Waals surface area (Å²) in [6, 6.07) is 9.44. The Hall–Kier alpha value is -1.42. The third-order valence-electron chi connectivity index (χ3n) is 2.15. The number of halogens is 1. The Kier molecular flexibility index (Phi) is 3.51. The molecule has 82 valence electrons. The van der Waals surface area contributed by atoms with Crippen molar-refractivity contribution in [2.24, 2.45) is 0 Å². The van der Waals surface area contributed by atoms with Gasteiger partial charge in [-0.1, -0.05) is 33.2 Å². The molecule has 0 radical (unpaired) electrons. The molecule has 0 saturated heterocycles. The van der Waals surface area contributed by atoms with Gasteiger partial charge in [0.15, 0.2) is 0 Å². The summed E-state index contributed by atoms with van der Waals surface area (Å²) in [6.45, 7) is 0. The van der Waals surface area contributed by atoms with E-state index in [-0.39, 0.29) is 5.78 Å². The molecule has 16 heavy (non-hydrogen) atoms. The molecular weight excluding hydrogens is 270 g/mol. The van der Waals surface area contributed by atoms with Crippen LogP contribution >= 0.6 is 15.9 Å². The Morgan fingerprint density at radius 3 is 2.88 bits per heavy atom. The average molecular weight is 280 g/mol. The Morgan fingerprint density at radius 1 is 1.31 bits per heavy atom. The number of carbonyl (C=O) groups is 1. The number of nitrogens with zero attached hydrogens (tertiary/aromatic N) is 1. The summed E-state index contributed by atoms with van der Waals surface area (Å²) >= 11 is 3.37. The predicted octanol–water partition coefficient (Wildman–Crippen LogP) is 2.79. The van der Waals surface area contributed by atoms with E-state index in [1.165, 1.54) is 0 Å². The van der Waals surface area contributed by atoms with Crippen molar-refractivity contribution in [2.45, 2.75) is 12.8 Å². The van der Waals surface area contributed by atoms with Gasteiger partial charge in [-0.2, -0.15) is 0 Å². The van der Waals surface area contributed by atoms with Gasteiger partial charge in [0.2, 0.25) is 0 Å². The third-order valence-corrected chi connectivity index (χ3v) is 2.65. The number of ketones is 1. The fraction of sp³-hybridized carbons (Fsp3) is 0.167. The highest BCUT2D eigenvalue weighted by Crippen LogP contribution is 2.13. The van der Waals surface area contributed by atoms with Crippen LogP contribution in [0, 0.1) is 0 Å². The van der Waals surface area contributed by atoms with Gasteiger partial charge in [-0.3, -0.25) is 4.79 Å². The number of rotatable bonds is 4. The molecule has 0 aliphatic rings. The molecule has 0 atom stereocenters. The van der Waals surface area contributed by atoms with E-state index in [0.717, 1.165) is 10.0 Å². The first kappa shape index (κ1) is 11.1. The van der Waals surface area contributed by atoms with E-state index in [9.17, 15) is 4.79 Å². The van der Waals surface area contributed by atoms with Gasteiger partial charge in [0.1, 0.15) is 11.5 Å². The second-order valence-electron chi connectivity index (χ2n) is 3.50. The summed E-state index contributed by atoms with van der Waals surface area (Å²) in [4.78, 5) is 11.7. The standard InChI is InChI=1S/C12H10BrNO2/c13-10-3-1-2-9(6-10)7-11(15)8-12-4-5-14-16-12/h1-6H,7-8H2. The Labute approximate surface area is 102 Å². The first-order chi connectivity index (χ1) is 7.74. The van der Waals surface area contributed by atoms with Crippen LogP contribution in [0.4, 0.5) is 0 Å². The van der Waals surface area contributed by atoms with Crippen molar-refractivity contribution in [3.63, 3.8) is 0 Å². The van der Waals surface area contributed by atoms with Crippen LogP contribution in [-0.4, -0.2) is 10.9 Å². The van der Waals surface area contributed by atoms with Crippen molar-refractivity contribution in [3.8, 4) is 0 Å². The Bertz CT molecular complexity index is 480. The number of Topliss-reactive ketones (excluding diaryl/α,β-unsaturated/α-hetero) is 1. The van der Waals surface area contributed by atoms with E-state index in [4.69, 9.17) is 4.52 Å². The minimum Gasteiger partial charge on any atom is -0.361 e. The number of hydrogen-bond acceptors (Lipinski definition) is 3. The Balaban J connectivity index is 1.97. The van der Waals surface area contributed by atoms with Crippen LogP contribution < -0.4 is 0 Å². The molecule has 2 rings (SSSR count). The number of carbonyl (C=O) groups excluding carboxylic acids is 1. The van der Waals surface area contributed by atoms with E-state index < -0.39 is 0 Å². The molecule has 0 N–H and O–H groups in total. The lowest BCUT2D eigenvalue weighted by Gasteiger charge is -2.00. The summed E-state index contributed by atoms with van der Waals surface area (Å²) in [5, 5.41) is 3.56. The van der Waals surface area contributed by atoms with Gasteiger partial charge in [0, 0.05) is 17.0 Å². The maximum Gasteiger partial charge on any atom is 0.144 e.